The smallest absolute Gasteiger partial charge is 0.322 e. The van der Waals surface area contributed by atoms with Crippen LogP contribution in [0.25, 0.3) is 5.65 Å². The van der Waals surface area contributed by atoms with Gasteiger partial charge in [-0.3, -0.25) is 14.0 Å². The van der Waals surface area contributed by atoms with Crippen molar-refractivity contribution in [2.24, 2.45) is 0 Å². The maximum absolute atomic E-state index is 12.4. The second-order valence-electron chi connectivity index (χ2n) is 5.85. The number of ether oxygens (including phenoxy) is 1. The molecule has 0 atom stereocenters. The lowest BCUT2D eigenvalue weighted by Crippen LogP contribution is -2.51. The zero-order valence-corrected chi connectivity index (χ0v) is 14.8. The number of amides is 2. The number of hydrogen-bond acceptors (Lipinski definition) is 6. The number of rotatable bonds is 4. The molecule has 0 N–H and O–H groups in total. The van der Waals surface area contributed by atoms with E-state index in [1.54, 1.807) is 20.4 Å². The van der Waals surface area contributed by atoms with Gasteiger partial charge in [0.05, 0.1) is 4.88 Å². The number of nitrogens with zero attached hydrogens (tertiary/aromatic N) is 5. The van der Waals surface area contributed by atoms with Gasteiger partial charge < -0.3 is 14.5 Å². The number of piperazine rings is 1. The highest BCUT2D eigenvalue weighted by atomic mass is 32.1. The first-order valence-corrected chi connectivity index (χ1v) is 9.13. The molecule has 3 aromatic rings. The summed E-state index contributed by atoms with van der Waals surface area (Å²) >= 11 is 1.43. The molecule has 1 aliphatic heterocycles. The first kappa shape index (κ1) is 16.5. The fraction of sp³-hybridized carbons (Fsp3) is 0.294. The van der Waals surface area contributed by atoms with Crippen molar-refractivity contribution in [1.82, 2.24) is 24.4 Å². The Morgan fingerprint density at radius 2 is 1.85 bits per heavy atom. The molecule has 0 radical (unpaired) electrons. The molecule has 3 aromatic heterocycles. The zero-order valence-electron chi connectivity index (χ0n) is 13.9. The molecular formula is C17H17N5O3S. The Labute approximate surface area is 153 Å². The van der Waals surface area contributed by atoms with Gasteiger partial charge in [0.1, 0.15) is 0 Å². The van der Waals surface area contributed by atoms with Gasteiger partial charge in [-0.2, -0.15) is 0 Å². The number of pyridine rings is 1. The quantitative estimate of drug-likeness (QED) is 0.687. The molecule has 0 aliphatic carbocycles. The minimum Gasteiger partial charge on any atom is -0.453 e. The Hall–Kier alpha value is -2.94. The molecule has 0 unspecified atom stereocenters. The number of thiophene rings is 1. The second kappa shape index (κ2) is 7.12. The molecule has 26 heavy (non-hydrogen) atoms. The zero-order chi connectivity index (χ0) is 17.9. The van der Waals surface area contributed by atoms with Crippen molar-refractivity contribution in [3.63, 3.8) is 0 Å². The van der Waals surface area contributed by atoms with Crippen molar-refractivity contribution >= 4 is 28.8 Å². The van der Waals surface area contributed by atoms with Crippen LogP contribution in [0.4, 0.5) is 0 Å². The van der Waals surface area contributed by atoms with Gasteiger partial charge in [0.25, 0.3) is 11.8 Å². The Bertz CT molecular complexity index is 916. The molecule has 1 fully saturated rings. The lowest BCUT2D eigenvalue weighted by Gasteiger charge is -2.34. The standard InChI is InChI=1S/C17H17N5O3S/c23-15(12-25-17-19-18-14-5-1-2-6-22(14)17)20-7-9-21(10-8-20)16(24)13-4-3-11-26-13/h1-6,11H,7-10,12H2. The van der Waals surface area contributed by atoms with E-state index in [1.807, 2.05) is 35.7 Å². The molecule has 1 aliphatic rings. The minimum absolute atomic E-state index is 0.0262. The maximum Gasteiger partial charge on any atom is 0.322 e. The summed E-state index contributed by atoms with van der Waals surface area (Å²) in [6.45, 7) is 1.95. The number of hydrogen-bond donors (Lipinski definition) is 0. The largest absolute Gasteiger partial charge is 0.453 e. The first-order chi connectivity index (χ1) is 12.7. The van der Waals surface area contributed by atoms with Crippen molar-refractivity contribution < 1.29 is 14.3 Å². The molecule has 4 rings (SSSR count). The fourth-order valence-corrected chi connectivity index (χ4v) is 3.54. The van der Waals surface area contributed by atoms with Crippen LogP contribution >= 0.6 is 11.3 Å². The SMILES string of the molecule is O=C(COc1nnc2ccccn12)N1CCN(C(=O)c2cccs2)CC1. The van der Waals surface area contributed by atoms with Crippen LogP contribution < -0.4 is 4.74 Å². The Morgan fingerprint density at radius 3 is 2.62 bits per heavy atom. The van der Waals surface area contributed by atoms with E-state index < -0.39 is 0 Å². The Morgan fingerprint density at radius 1 is 1.04 bits per heavy atom. The molecule has 0 bridgehead atoms. The van der Waals surface area contributed by atoms with Crippen LogP contribution in [0.3, 0.4) is 0 Å². The number of carbonyl (C=O) groups is 2. The van der Waals surface area contributed by atoms with E-state index in [9.17, 15) is 9.59 Å². The lowest BCUT2D eigenvalue weighted by molar-refractivity contribution is -0.135. The summed E-state index contributed by atoms with van der Waals surface area (Å²) in [5, 5.41) is 9.81. The van der Waals surface area contributed by atoms with Crippen LogP contribution in [0.2, 0.25) is 0 Å². The summed E-state index contributed by atoms with van der Waals surface area (Å²) in [5.74, 6) is -0.0980. The molecular weight excluding hydrogens is 354 g/mol. The second-order valence-corrected chi connectivity index (χ2v) is 6.80. The highest BCUT2D eigenvalue weighted by Crippen LogP contribution is 2.14. The summed E-state index contributed by atoms with van der Waals surface area (Å²) < 4.78 is 7.21. The van der Waals surface area contributed by atoms with Crippen LogP contribution in [0.5, 0.6) is 6.01 Å². The molecule has 0 spiro atoms. The average Bonchev–Trinajstić information content (AvgIpc) is 3.36. The molecule has 134 valence electrons. The predicted molar refractivity (Wildman–Crippen MR) is 95.3 cm³/mol. The van der Waals surface area contributed by atoms with Gasteiger partial charge in [-0.05, 0) is 23.6 Å². The summed E-state index contributed by atoms with van der Waals surface area (Å²) in [6, 6.07) is 9.49. The van der Waals surface area contributed by atoms with Crippen LogP contribution in [0, 0.1) is 0 Å². The van der Waals surface area contributed by atoms with Crippen LogP contribution in [-0.2, 0) is 4.79 Å². The van der Waals surface area contributed by atoms with Gasteiger partial charge in [-0.15, -0.1) is 16.4 Å². The average molecular weight is 371 g/mol. The molecule has 4 heterocycles. The van der Waals surface area contributed by atoms with Gasteiger partial charge in [0.2, 0.25) is 0 Å². The highest BCUT2D eigenvalue weighted by Gasteiger charge is 2.25. The van der Waals surface area contributed by atoms with Crippen LogP contribution in [0.15, 0.2) is 41.9 Å². The maximum atomic E-state index is 12.4. The van der Waals surface area contributed by atoms with Crippen molar-refractivity contribution in [1.29, 1.82) is 0 Å². The number of aromatic nitrogens is 3. The van der Waals surface area contributed by atoms with E-state index in [0.717, 1.165) is 4.88 Å². The van der Waals surface area contributed by atoms with Crippen molar-refractivity contribution in [3.8, 4) is 6.01 Å². The van der Waals surface area contributed by atoms with Crippen molar-refractivity contribution in [2.45, 2.75) is 0 Å². The third-order valence-corrected chi connectivity index (χ3v) is 5.12. The Kier molecular flexibility index (Phi) is 4.53. The van der Waals surface area contributed by atoms with E-state index in [1.165, 1.54) is 11.3 Å². The molecule has 1 saturated heterocycles. The van der Waals surface area contributed by atoms with Crippen molar-refractivity contribution in [3.05, 3.63) is 46.8 Å². The normalized spacial score (nSPS) is 14.6. The predicted octanol–water partition coefficient (Wildman–Crippen LogP) is 1.15. The topological polar surface area (TPSA) is 80.0 Å². The third kappa shape index (κ3) is 3.25. The third-order valence-electron chi connectivity index (χ3n) is 4.26. The van der Waals surface area contributed by atoms with E-state index in [2.05, 4.69) is 10.2 Å². The molecule has 0 aromatic carbocycles. The van der Waals surface area contributed by atoms with E-state index in [0.29, 0.717) is 37.8 Å². The van der Waals surface area contributed by atoms with Gasteiger partial charge in [0.15, 0.2) is 12.3 Å². The van der Waals surface area contributed by atoms with Gasteiger partial charge >= 0.3 is 6.01 Å². The molecule has 0 saturated carbocycles. The van der Waals surface area contributed by atoms with Crippen LogP contribution in [-0.4, -0.2) is 69.0 Å². The van der Waals surface area contributed by atoms with Gasteiger partial charge in [0, 0.05) is 32.4 Å². The fourth-order valence-electron chi connectivity index (χ4n) is 2.85. The first-order valence-electron chi connectivity index (χ1n) is 8.25. The number of fused-ring (bicyclic) bond motifs is 1. The van der Waals surface area contributed by atoms with Gasteiger partial charge in [-0.25, -0.2) is 0 Å². The molecule has 8 nitrogen and oxygen atoms in total. The van der Waals surface area contributed by atoms with Crippen molar-refractivity contribution in [2.75, 3.05) is 32.8 Å². The van der Waals surface area contributed by atoms with Crippen LogP contribution in [0.1, 0.15) is 9.67 Å². The molecule has 9 heteroatoms. The summed E-state index contributed by atoms with van der Waals surface area (Å²) in [5.41, 5.74) is 0.663. The van der Waals surface area contributed by atoms with E-state index in [-0.39, 0.29) is 18.4 Å². The summed E-state index contributed by atoms with van der Waals surface area (Å²) in [7, 11) is 0. The summed E-state index contributed by atoms with van der Waals surface area (Å²) in [6.07, 6.45) is 1.78. The number of carbonyl (C=O) groups excluding carboxylic acids is 2. The minimum atomic E-state index is -0.124. The van der Waals surface area contributed by atoms with Gasteiger partial charge in [-0.1, -0.05) is 17.2 Å². The van der Waals surface area contributed by atoms with E-state index >= 15 is 0 Å². The molecule has 2 amide bonds. The lowest BCUT2D eigenvalue weighted by atomic mass is 10.3. The van der Waals surface area contributed by atoms with E-state index in [4.69, 9.17) is 4.74 Å². The summed E-state index contributed by atoms with van der Waals surface area (Å²) in [4.78, 5) is 28.9. The highest BCUT2D eigenvalue weighted by molar-refractivity contribution is 7.12. The monoisotopic (exact) mass is 371 g/mol. The Balaban J connectivity index is 1.30.